The van der Waals surface area contributed by atoms with Crippen LogP contribution in [-0.2, 0) is 16.1 Å². The topological polar surface area (TPSA) is 61.4 Å². The molecule has 2 saturated heterocycles. The summed E-state index contributed by atoms with van der Waals surface area (Å²) >= 11 is 0. The molecule has 2 heterocycles. The van der Waals surface area contributed by atoms with Crippen molar-refractivity contribution in [3.8, 4) is 0 Å². The van der Waals surface area contributed by atoms with Crippen molar-refractivity contribution in [2.45, 2.75) is 57.7 Å². The van der Waals surface area contributed by atoms with Gasteiger partial charge in [0, 0.05) is 31.6 Å². The Morgan fingerprint density at radius 1 is 1.19 bits per heavy atom. The SMILES string of the molecule is CCN(CC(=O)NCc1ccc(F)cc1)C(=O)CC1CC2CCC(C1)N2. The highest BCUT2D eigenvalue weighted by atomic mass is 19.1. The van der Waals surface area contributed by atoms with E-state index in [2.05, 4.69) is 10.6 Å². The lowest BCUT2D eigenvalue weighted by atomic mass is 9.89. The molecule has 2 aliphatic heterocycles. The van der Waals surface area contributed by atoms with Crippen molar-refractivity contribution in [1.82, 2.24) is 15.5 Å². The van der Waals surface area contributed by atoms with Gasteiger partial charge in [-0.15, -0.1) is 0 Å². The van der Waals surface area contributed by atoms with Gasteiger partial charge < -0.3 is 15.5 Å². The zero-order valence-electron chi connectivity index (χ0n) is 15.3. The first kappa shape index (κ1) is 18.8. The number of carbonyl (C=O) groups is 2. The molecule has 6 heteroatoms. The minimum Gasteiger partial charge on any atom is -0.350 e. The molecule has 2 N–H and O–H groups in total. The van der Waals surface area contributed by atoms with E-state index >= 15 is 0 Å². The average molecular weight is 361 g/mol. The maximum atomic E-state index is 12.9. The predicted molar refractivity (Wildman–Crippen MR) is 97.8 cm³/mol. The number of benzene rings is 1. The molecule has 2 aliphatic rings. The fourth-order valence-electron chi connectivity index (χ4n) is 4.13. The van der Waals surface area contributed by atoms with E-state index < -0.39 is 0 Å². The normalized spacial score (nSPS) is 24.3. The molecule has 0 spiro atoms. The van der Waals surface area contributed by atoms with Crippen LogP contribution in [0.5, 0.6) is 0 Å². The molecule has 0 radical (unpaired) electrons. The summed E-state index contributed by atoms with van der Waals surface area (Å²) in [6.45, 7) is 2.84. The van der Waals surface area contributed by atoms with Crippen molar-refractivity contribution in [3.05, 3.63) is 35.6 Å². The van der Waals surface area contributed by atoms with E-state index in [4.69, 9.17) is 0 Å². The van der Waals surface area contributed by atoms with Crippen LogP contribution in [0.4, 0.5) is 4.39 Å². The maximum absolute atomic E-state index is 12.9. The largest absolute Gasteiger partial charge is 0.350 e. The van der Waals surface area contributed by atoms with Gasteiger partial charge in [0.25, 0.3) is 0 Å². The lowest BCUT2D eigenvalue weighted by molar-refractivity contribution is -0.136. The molecule has 2 fully saturated rings. The summed E-state index contributed by atoms with van der Waals surface area (Å²) in [5, 5.41) is 6.39. The van der Waals surface area contributed by atoms with E-state index in [-0.39, 0.29) is 24.2 Å². The number of hydrogen-bond acceptors (Lipinski definition) is 3. The quantitative estimate of drug-likeness (QED) is 0.783. The molecule has 1 aromatic carbocycles. The van der Waals surface area contributed by atoms with Gasteiger partial charge in [0.2, 0.25) is 11.8 Å². The van der Waals surface area contributed by atoms with Crippen LogP contribution in [0.15, 0.2) is 24.3 Å². The molecule has 2 unspecified atom stereocenters. The fraction of sp³-hybridized carbons (Fsp3) is 0.600. The molecular formula is C20H28FN3O2. The van der Waals surface area contributed by atoms with Gasteiger partial charge in [0.15, 0.2) is 0 Å². The van der Waals surface area contributed by atoms with Crippen LogP contribution in [0.2, 0.25) is 0 Å². The minimum atomic E-state index is -0.297. The Bertz CT molecular complexity index is 622. The van der Waals surface area contributed by atoms with Gasteiger partial charge >= 0.3 is 0 Å². The van der Waals surface area contributed by atoms with Gasteiger partial charge in [-0.05, 0) is 56.2 Å². The van der Waals surface area contributed by atoms with Crippen molar-refractivity contribution >= 4 is 11.8 Å². The number of halogens is 1. The van der Waals surface area contributed by atoms with Crippen LogP contribution in [0.3, 0.4) is 0 Å². The number of carbonyl (C=O) groups excluding carboxylic acids is 2. The minimum absolute atomic E-state index is 0.0655. The van der Waals surface area contributed by atoms with Gasteiger partial charge in [-0.2, -0.15) is 0 Å². The van der Waals surface area contributed by atoms with Crippen molar-refractivity contribution in [3.63, 3.8) is 0 Å². The molecule has 0 saturated carbocycles. The summed E-state index contributed by atoms with van der Waals surface area (Å²) in [4.78, 5) is 26.4. The Kier molecular flexibility index (Phi) is 6.25. The highest BCUT2D eigenvalue weighted by Gasteiger charge is 2.34. The van der Waals surface area contributed by atoms with Gasteiger partial charge in [-0.1, -0.05) is 12.1 Å². The Balaban J connectivity index is 1.44. The molecule has 142 valence electrons. The van der Waals surface area contributed by atoms with Crippen molar-refractivity contribution in [2.24, 2.45) is 5.92 Å². The summed E-state index contributed by atoms with van der Waals surface area (Å²) in [7, 11) is 0. The molecular weight excluding hydrogens is 333 g/mol. The first-order valence-electron chi connectivity index (χ1n) is 9.58. The van der Waals surface area contributed by atoms with E-state index in [1.807, 2.05) is 6.92 Å². The number of hydrogen-bond donors (Lipinski definition) is 2. The molecule has 0 aliphatic carbocycles. The van der Waals surface area contributed by atoms with Gasteiger partial charge in [0.1, 0.15) is 5.82 Å². The average Bonchev–Trinajstić information content (AvgIpc) is 2.97. The molecule has 3 rings (SSSR count). The number of nitrogens with zero attached hydrogens (tertiary/aromatic N) is 1. The van der Waals surface area contributed by atoms with Gasteiger partial charge in [-0.25, -0.2) is 4.39 Å². The summed E-state index contributed by atoms with van der Waals surface area (Å²) in [6, 6.07) is 7.17. The summed E-state index contributed by atoms with van der Waals surface area (Å²) in [5.41, 5.74) is 0.833. The second-order valence-electron chi connectivity index (χ2n) is 7.49. The Morgan fingerprint density at radius 2 is 1.85 bits per heavy atom. The number of piperidine rings is 1. The lowest BCUT2D eigenvalue weighted by Crippen LogP contribution is -2.43. The van der Waals surface area contributed by atoms with Crippen LogP contribution < -0.4 is 10.6 Å². The summed E-state index contributed by atoms with van der Waals surface area (Å²) in [6.07, 6.45) is 5.11. The fourth-order valence-corrected chi connectivity index (χ4v) is 4.13. The third-order valence-electron chi connectivity index (χ3n) is 5.51. The van der Waals surface area contributed by atoms with Crippen LogP contribution in [-0.4, -0.2) is 41.9 Å². The first-order valence-corrected chi connectivity index (χ1v) is 9.58. The molecule has 1 aromatic rings. The first-order chi connectivity index (χ1) is 12.5. The molecule has 2 amide bonds. The monoisotopic (exact) mass is 361 g/mol. The standard InChI is InChI=1S/C20H28FN3O2/c1-2-24(13-19(25)22-12-14-3-5-16(21)6-4-14)20(26)11-15-9-17-7-8-18(10-15)23-17/h3-6,15,17-18,23H,2,7-13H2,1H3,(H,22,25). The number of nitrogens with one attached hydrogen (secondary N) is 2. The highest BCUT2D eigenvalue weighted by Crippen LogP contribution is 2.32. The number of fused-ring (bicyclic) bond motifs is 2. The summed E-state index contributed by atoms with van der Waals surface area (Å²) < 4.78 is 12.9. The van der Waals surface area contributed by atoms with E-state index in [1.165, 1.54) is 25.0 Å². The van der Waals surface area contributed by atoms with Crippen molar-refractivity contribution < 1.29 is 14.0 Å². The molecule has 2 atom stereocenters. The van der Waals surface area contributed by atoms with E-state index in [9.17, 15) is 14.0 Å². The van der Waals surface area contributed by atoms with Gasteiger partial charge in [0.05, 0.1) is 6.54 Å². The number of likely N-dealkylation sites (N-methyl/N-ethyl adjacent to an activating group) is 1. The predicted octanol–water partition coefficient (Wildman–Crippen LogP) is 2.21. The van der Waals surface area contributed by atoms with Crippen LogP contribution in [0, 0.1) is 11.7 Å². The second-order valence-corrected chi connectivity index (χ2v) is 7.49. The maximum Gasteiger partial charge on any atom is 0.239 e. The summed E-state index contributed by atoms with van der Waals surface area (Å²) in [5.74, 6) is 0.0115. The third-order valence-corrected chi connectivity index (χ3v) is 5.51. The van der Waals surface area contributed by atoms with E-state index in [0.29, 0.717) is 37.5 Å². The van der Waals surface area contributed by atoms with Crippen molar-refractivity contribution in [1.29, 1.82) is 0 Å². The molecule has 5 nitrogen and oxygen atoms in total. The van der Waals surface area contributed by atoms with Crippen LogP contribution >= 0.6 is 0 Å². The highest BCUT2D eigenvalue weighted by molar-refractivity contribution is 5.84. The number of amides is 2. The van der Waals surface area contributed by atoms with Crippen LogP contribution in [0.25, 0.3) is 0 Å². The van der Waals surface area contributed by atoms with E-state index in [0.717, 1.165) is 18.4 Å². The zero-order valence-corrected chi connectivity index (χ0v) is 15.3. The number of rotatable bonds is 7. The Hall–Kier alpha value is -1.95. The van der Waals surface area contributed by atoms with E-state index in [1.54, 1.807) is 17.0 Å². The molecule has 2 bridgehead atoms. The second kappa shape index (κ2) is 8.62. The van der Waals surface area contributed by atoms with Gasteiger partial charge in [-0.3, -0.25) is 9.59 Å². The van der Waals surface area contributed by atoms with Crippen molar-refractivity contribution in [2.75, 3.05) is 13.1 Å². The molecule has 26 heavy (non-hydrogen) atoms. The third kappa shape index (κ3) is 5.04. The zero-order chi connectivity index (χ0) is 18.5. The lowest BCUT2D eigenvalue weighted by Gasteiger charge is -2.30. The smallest absolute Gasteiger partial charge is 0.239 e. The Labute approximate surface area is 154 Å². The van der Waals surface area contributed by atoms with Crippen LogP contribution in [0.1, 0.15) is 44.6 Å². The Morgan fingerprint density at radius 3 is 2.46 bits per heavy atom. The molecule has 0 aromatic heterocycles.